The van der Waals surface area contributed by atoms with Crippen LogP contribution in [0, 0.1) is 0 Å². The van der Waals surface area contributed by atoms with Crippen molar-refractivity contribution in [3.63, 3.8) is 0 Å². The summed E-state index contributed by atoms with van der Waals surface area (Å²) in [6.07, 6.45) is 3.91. The number of carbonyl (C=O) groups is 3. The molecule has 0 spiro atoms. The first-order valence-corrected chi connectivity index (χ1v) is 9.55. The number of anilines is 1. The molecule has 4 amide bonds. The lowest BCUT2D eigenvalue weighted by atomic mass is 9.92. The van der Waals surface area contributed by atoms with E-state index in [1.165, 1.54) is 10.9 Å². The first-order valence-electron chi connectivity index (χ1n) is 9.55. The Balaban J connectivity index is 1.36. The number of aromatic amines is 1. The lowest BCUT2D eigenvalue weighted by Crippen LogP contribution is -2.40. The molecule has 0 radical (unpaired) electrons. The van der Waals surface area contributed by atoms with E-state index < -0.39 is 17.5 Å². The molecule has 4 N–H and O–H groups in total. The van der Waals surface area contributed by atoms with Crippen molar-refractivity contribution in [3.8, 4) is 0 Å². The number of fused-ring (bicyclic) bond motifs is 1. The van der Waals surface area contributed by atoms with E-state index in [4.69, 9.17) is 0 Å². The number of benzene rings is 2. The Morgan fingerprint density at radius 1 is 1.10 bits per heavy atom. The summed E-state index contributed by atoms with van der Waals surface area (Å²) in [6.45, 7) is 1.63. The third kappa shape index (κ3) is 3.71. The van der Waals surface area contributed by atoms with Crippen molar-refractivity contribution in [1.82, 2.24) is 15.6 Å². The number of amides is 4. The minimum atomic E-state index is -1.15. The zero-order valence-electron chi connectivity index (χ0n) is 16.0. The van der Waals surface area contributed by atoms with Crippen LogP contribution in [0.1, 0.15) is 30.9 Å². The van der Waals surface area contributed by atoms with E-state index in [0.717, 1.165) is 18.4 Å². The minimum Gasteiger partial charge on any atom is -0.361 e. The van der Waals surface area contributed by atoms with Crippen LogP contribution >= 0.6 is 0 Å². The first-order chi connectivity index (χ1) is 14.0. The highest BCUT2D eigenvalue weighted by Crippen LogP contribution is 2.26. The van der Waals surface area contributed by atoms with Crippen molar-refractivity contribution in [2.45, 2.75) is 31.7 Å². The van der Waals surface area contributed by atoms with E-state index in [0.29, 0.717) is 17.7 Å². The molecule has 0 aliphatic carbocycles. The highest BCUT2D eigenvalue weighted by atomic mass is 16.2. The molecule has 4 rings (SSSR count). The molecule has 1 atom stereocenters. The second-order valence-electron chi connectivity index (χ2n) is 7.38. The number of hydrogen-bond acceptors (Lipinski definition) is 3. The zero-order valence-corrected chi connectivity index (χ0v) is 16.0. The van der Waals surface area contributed by atoms with Gasteiger partial charge in [-0.2, -0.15) is 0 Å². The topological polar surface area (TPSA) is 103 Å². The summed E-state index contributed by atoms with van der Waals surface area (Å²) in [5.74, 6) is -0.503. The van der Waals surface area contributed by atoms with Gasteiger partial charge in [0.1, 0.15) is 5.54 Å². The van der Waals surface area contributed by atoms with E-state index in [1.54, 1.807) is 31.2 Å². The van der Waals surface area contributed by atoms with Crippen molar-refractivity contribution < 1.29 is 14.4 Å². The molecule has 148 valence electrons. The number of imide groups is 1. The van der Waals surface area contributed by atoms with E-state index in [1.807, 2.05) is 24.4 Å². The van der Waals surface area contributed by atoms with Gasteiger partial charge in [0.25, 0.3) is 5.91 Å². The summed E-state index contributed by atoms with van der Waals surface area (Å²) < 4.78 is 0. The summed E-state index contributed by atoms with van der Waals surface area (Å²) in [5, 5.41) is 8.93. The van der Waals surface area contributed by atoms with Crippen LogP contribution in [0.4, 0.5) is 10.5 Å². The van der Waals surface area contributed by atoms with Gasteiger partial charge in [-0.3, -0.25) is 14.9 Å². The first kappa shape index (κ1) is 18.7. The third-order valence-electron chi connectivity index (χ3n) is 5.29. The van der Waals surface area contributed by atoms with Crippen LogP contribution in [0.3, 0.4) is 0 Å². The van der Waals surface area contributed by atoms with Gasteiger partial charge in [-0.1, -0.05) is 30.3 Å². The number of urea groups is 1. The van der Waals surface area contributed by atoms with Crippen molar-refractivity contribution in [2.24, 2.45) is 0 Å². The molecule has 0 unspecified atom stereocenters. The third-order valence-corrected chi connectivity index (χ3v) is 5.29. The van der Waals surface area contributed by atoms with Crippen LogP contribution in [0.5, 0.6) is 0 Å². The van der Waals surface area contributed by atoms with E-state index >= 15 is 0 Å². The van der Waals surface area contributed by atoms with E-state index in [2.05, 4.69) is 27.0 Å². The summed E-state index contributed by atoms with van der Waals surface area (Å²) >= 11 is 0. The Morgan fingerprint density at radius 2 is 1.93 bits per heavy atom. The van der Waals surface area contributed by atoms with Crippen molar-refractivity contribution in [3.05, 3.63) is 65.9 Å². The van der Waals surface area contributed by atoms with Crippen LogP contribution < -0.4 is 16.0 Å². The normalized spacial score (nSPS) is 18.5. The van der Waals surface area contributed by atoms with E-state index in [-0.39, 0.29) is 5.91 Å². The smallest absolute Gasteiger partial charge is 0.322 e. The Morgan fingerprint density at radius 3 is 2.72 bits per heavy atom. The maximum Gasteiger partial charge on any atom is 0.322 e. The second kappa shape index (κ2) is 7.43. The number of rotatable bonds is 6. The van der Waals surface area contributed by atoms with Crippen LogP contribution in [-0.2, 0) is 21.5 Å². The second-order valence-corrected chi connectivity index (χ2v) is 7.38. The molecule has 0 saturated carbocycles. The van der Waals surface area contributed by atoms with Crippen molar-refractivity contribution >= 4 is 34.4 Å². The lowest BCUT2D eigenvalue weighted by molar-refractivity contribution is -0.123. The monoisotopic (exact) mass is 390 g/mol. The van der Waals surface area contributed by atoms with Gasteiger partial charge in [0.2, 0.25) is 5.91 Å². The average Bonchev–Trinajstić information content (AvgIpc) is 3.22. The predicted octanol–water partition coefficient (Wildman–Crippen LogP) is 3.18. The van der Waals surface area contributed by atoms with Gasteiger partial charge in [0.05, 0.1) is 0 Å². The van der Waals surface area contributed by atoms with E-state index in [9.17, 15) is 14.4 Å². The molecule has 7 nitrogen and oxygen atoms in total. The fourth-order valence-corrected chi connectivity index (χ4v) is 3.66. The molecular weight excluding hydrogens is 368 g/mol. The Labute approximate surface area is 167 Å². The molecule has 1 saturated heterocycles. The fraction of sp³-hybridized carbons (Fsp3) is 0.227. The molecule has 1 aliphatic heterocycles. The number of para-hydroxylation sites is 1. The average molecular weight is 390 g/mol. The van der Waals surface area contributed by atoms with Crippen LogP contribution in [0.25, 0.3) is 10.9 Å². The van der Waals surface area contributed by atoms with Gasteiger partial charge >= 0.3 is 6.03 Å². The molecule has 1 aliphatic rings. The molecular formula is C22H22N4O3. The molecule has 7 heteroatoms. The highest BCUT2D eigenvalue weighted by Gasteiger charge is 2.43. The molecule has 1 aromatic heterocycles. The largest absolute Gasteiger partial charge is 0.361 e. The lowest BCUT2D eigenvalue weighted by Gasteiger charge is -2.21. The molecule has 2 heterocycles. The van der Waals surface area contributed by atoms with Crippen molar-refractivity contribution in [2.75, 3.05) is 5.32 Å². The summed E-state index contributed by atoms with van der Waals surface area (Å²) in [4.78, 5) is 39.2. The highest BCUT2D eigenvalue weighted by molar-refractivity contribution is 6.07. The molecule has 29 heavy (non-hydrogen) atoms. The number of nitrogens with one attached hydrogen (secondary N) is 4. The Kier molecular flexibility index (Phi) is 4.80. The standard InChI is InChI=1S/C22H22N4O3/c1-22(20(28)25-21(29)26-22)15-7-5-8-16(12-15)24-19(27)11-4-6-14-13-23-18-10-3-2-9-17(14)18/h2-3,5,7-10,12-13,23H,4,6,11H2,1H3,(H,24,27)(H2,25,26,28,29)/t22-/m1/s1. The Bertz CT molecular complexity index is 1100. The van der Waals surface area contributed by atoms with Gasteiger partial charge < -0.3 is 15.6 Å². The molecule has 2 aromatic carbocycles. The number of H-pyrrole nitrogens is 1. The fourth-order valence-electron chi connectivity index (χ4n) is 3.66. The molecule has 3 aromatic rings. The van der Waals surface area contributed by atoms with Crippen LogP contribution in [0.2, 0.25) is 0 Å². The van der Waals surface area contributed by atoms with Gasteiger partial charge in [0, 0.05) is 29.2 Å². The zero-order chi connectivity index (χ0) is 20.4. The van der Waals surface area contributed by atoms with Gasteiger partial charge in [-0.05, 0) is 49.1 Å². The van der Waals surface area contributed by atoms with Gasteiger partial charge in [-0.25, -0.2) is 4.79 Å². The van der Waals surface area contributed by atoms with Crippen LogP contribution in [-0.4, -0.2) is 22.8 Å². The quantitative estimate of drug-likeness (QED) is 0.486. The summed E-state index contributed by atoms with van der Waals surface area (Å²) in [5.41, 5.74) is 2.35. The number of carbonyl (C=O) groups excluding carboxylic acids is 3. The number of aromatic nitrogens is 1. The van der Waals surface area contributed by atoms with Crippen LogP contribution in [0.15, 0.2) is 54.7 Å². The maximum absolute atomic E-state index is 12.4. The molecule has 0 bridgehead atoms. The van der Waals surface area contributed by atoms with Crippen molar-refractivity contribution in [1.29, 1.82) is 0 Å². The number of hydrogen-bond donors (Lipinski definition) is 4. The Hall–Kier alpha value is -3.61. The molecule has 1 fully saturated rings. The van der Waals surface area contributed by atoms with Gasteiger partial charge in [0.15, 0.2) is 0 Å². The minimum absolute atomic E-state index is 0.0907. The van der Waals surface area contributed by atoms with Gasteiger partial charge in [-0.15, -0.1) is 0 Å². The number of aryl methyl sites for hydroxylation is 1. The summed E-state index contributed by atoms with van der Waals surface area (Å²) in [6, 6.07) is 14.6. The predicted molar refractivity (Wildman–Crippen MR) is 110 cm³/mol. The summed E-state index contributed by atoms with van der Waals surface area (Å²) in [7, 11) is 0. The maximum atomic E-state index is 12.4. The SMILES string of the molecule is C[C@]1(c2cccc(NC(=O)CCCc3c[nH]c4ccccc34)c2)NC(=O)NC1=O.